The molecule has 0 radical (unpaired) electrons. The van der Waals surface area contributed by atoms with Crippen LogP contribution in [-0.4, -0.2) is 21.1 Å². The van der Waals surface area contributed by atoms with Crippen LogP contribution < -0.4 is 5.32 Å². The summed E-state index contributed by atoms with van der Waals surface area (Å²) in [6, 6.07) is 1.82. The van der Waals surface area contributed by atoms with E-state index in [1.165, 1.54) is 32.1 Å². The van der Waals surface area contributed by atoms with Crippen molar-refractivity contribution in [1.29, 1.82) is 0 Å². The van der Waals surface area contributed by atoms with Crippen molar-refractivity contribution in [2.24, 2.45) is 5.92 Å². The highest BCUT2D eigenvalue weighted by atomic mass is 79.9. The summed E-state index contributed by atoms with van der Waals surface area (Å²) in [7, 11) is 0. The number of anilines is 1. The van der Waals surface area contributed by atoms with Crippen LogP contribution in [0.3, 0.4) is 0 Å². The topological polar surface area (TPSA) is 42.2 Å². The minimum absolute atomic E-state index is 0.477. The van der Waals surface area contributed by atoms with E-state index in [1.54, 1.807) is 10.7 Å². The van der Waals surface area contributed by atoms with Crippen molar-refractivity contribution in [1.82, 2.24) is 14.6 Å². The maximum absolute atomic E-state index is 6.08. The van der Waals surface area contributed by atoms with Crippen LogP contribution in [0, 0.1) is 5.92 Å². The minimum atomic E-state index is 0.477. The molecule has 2 aromatic heterocycles. The fraction of sp³-hybridized carbons (Fsp3) is 0.600. The summed E-state index contributed by atoms with van der Waals surface area (Å²) in [5, 5.41) is 8.24. The van der Waals surface area contributed by atoms with Crippen molar-refractivity contribution in [2.45, 2.75) is 46.0 Å². The van der Waals surface area contributed by atoms with Gasteiger partial charge in [-0.25, -0.2) is 4.98 Å². The van der Waals surface area contributed by atoms with Gasteiger partial charge in [-0.15, -0.1) is 0 Å². The first-order valence-electron chi connectivity index (χ1n) is 7.59. The lowest BCUT2D eigenvalue weighted by atomic mass is 9.95. The Balaban J connectivity index is 2.03. The van der Waals surface area contributed by atoms with E-state index in [9.17, 15) is 0 Å². The molecule has 0 aliphatic rings. The predicted octanol–water partition coefficient (Wildman–Crippen LogP) is 5.16. The molecule has 0 aromatic carbocycles. The summed E-state index contributed by atoms with van der Waals surface area (Å²) in [6.45, 7) is 5.44. The van der Waals surface area contributed by atoms with Crippen molar-refractivity contribution >= 4 is 39.0 Å². The smallest absolute Gasteiger partial charge is 0.173 e. The summed E-state index contributed by atoms with van der Waals surface area (Å²) in [4.78, 5) is 4.28. The zero-order valence-electron chi connectivity index (χ0n) is 12.6. The summed E-state index contributed by atoms with van der Waals surface area (Å²) < 4.78 is 2.63. The van der Waals surface area contributed by atoms with Gasteiger partial charge in [-0.1, -0.05) is 51.1 Å². The summed E-state index contributed by atoms with van der Waals surface area (Å²) >= 11 is 9.52. The maximum atomic E-state index is 6.08. The Kier molecular flexibility index (Phi) is 6.30. The zero-order valence-corrected chi connectivity index (χ0v) is 14.9. The Labute approximate surface area is 139 Å². The second kappa shape index (κ2) is 7.99. The first kappa shape index (κ1) is 16.6. The third kappa shape index (κ3) is 4.33. The van der Waals surface area contributed by atoms with Gasteiger partial charge in [-0.3, -0.25) is 0 Å². The number of rotatable bonds is 8. The third-order valence-corrected chi connectivity index (χ3v) is 4.40. The second-order valence-corrected chi connectivity index (χ2v) is 6.59. The zero-order chi connectivity index (χ0) is 15.2. The van der Waals surface area contributed by atoms with Crippen molar-refractivity contribution < 1.29 is 0 Å². The highest BCUT2D eigenvalue weighted by molar-refractivity contribution is 9.10. The number of halogens is 2. The molecule has 6 heteroatoms. The molecule has 0 aliphatic heterocycles. The Morgan fingerprint density at radius 1 is 1.29 bits per heavy atom. The molecule has 0 saturated heterocycles. The van der Waals surface area contributed by atoms with Gasteiger partial charge in [0.2, 0.25) is 0 Å². The SMILES string of the molecule is CCCC(CCC)CCNc1cc(Cl)nc2c(Br)cnn12. The Morgan fingerprint density at radius 2 is 2.00 bits per heavy atom. The molecule has 4 nitrogen and oxygen atoms in total. The molecule has 0 amide bonds. The van der Waals surface area contributed by atoms with Gasteiger partial charge in [0.25, 0.3) is 0 Å². The largest absolute Gasteiger partial charge is 0.370 e. The van der Waals surface area contributed by atoms with E-state index in [1.807, 2.05) is 6.07 Å². The van der Waals surface area contributed by atoms with E-state index in [0.717, 1.165) is 28.4 Å². The van der Waals surface area contributed by atoms with Gasteiger partial charge in [0.05, 0.1) is 10.7 Å². The molecule has 0 unspecified atom stereocenters. The maximum Gasteiger partial charge on any atom is 0.173 e. The Hall–Kier alpha value is -0.810. The molecular weight excluding hydrogens is 352 g/mol. The van der Waals surface area contributed by atoms with E-state index in [4.69, 9.17) is 11.6 Å². The van der Waals surface area contributed by atoms with E-state index >= 15 is 0 Å². The van der Waals surface area contributed by atoms with E-state index in [0.29, 0.717) is 5.15 Å². The molecule has 116 valence electrons. The second-order valence-electron chi connectivity index (χ2n) is 5.35. The van der Waals surface area contributed by atoms with Crippen LogP contribution in [0.1, 0.15) is 46.0 Å². The quantitative estimate of drug-likeness (QED) is 0.650. The lowest BCUT2D eigenvalue weighted by Gasteiger charge is -2.16. The fourth-order valence-corrected chi connectivity index (χ4v) is 3.22. The van der Waals surface area contributed by atoms with Gasteiger partial charge in [-0.05, 0) is 28.3 Å². The number of nitrogens with one attached hydrogen (secondary N) is 1. The first-order valence-corrected chi connectivity index (χ1v) is 8.76. The number of hydrogen-bond acceptors (Lipinski definition) is 3. The van der Waals surface area contributed by atoms with Crippen LogP contribution in [-0.2, 0) is 0 Å². The van der Waals surface area contributed by atoms with Gasteiger partial charge in [0, 0.05) is 12.6 Å². The van der Waals surface area contributed by atoms with Gasteiger partial charge < -0.3 is 5.32 Å². The highest BCUT2D eigenvalue weighted by Crippen LogP contribution is 2.23. The van der Waals surface area contributed by atoms with E-state index < -0.39 is 0 Å². The van der Waals surface area contributed by atoms with E-state index in [2.05, 4.69) is 45.2 Å². The average Bonchev–Trinajstić information content (AvgIpc) is 2.81. The van der Waals surface area contributed by atoms with Crippen LogP contribution >= 0.6 is 27.5 Å². The van der Waals surface area contributed by atoms with Gasteiger partial charge in [0.15, 0.2) is 5.65 Å². The highest BCUT2D eigenvalue weighted by Gasteiger charge is 2.10. The van der Waals surface area contributed by atoms with Crippen LogP contribution in [0.25, 0.3) is 5.65 Å². The molecule has 21 heavy (non-hydrogen) atoms. The van der Waals surface area contributed by atoms with Crippen molar-refractivity contribution in [3.63, 3.8) is 0 Å². The van der Waals surface area contributed by atoms with Gasteiger partial charge >= 0.3 is 0 Å². The Morgan fingerprint density at radius 3 is 2.67 bits per heavy atom. The van der Waals surface area contributed by atoms with Gasteiger partial charge in [-0.2, -0.15) is 9.61 Å². The number of aromatic nitrogens is 3. The summed E-state index contributed by atoms with van der Waals surface area (Å²) in [5.41, 5.74) is 0.740. The molecule has 0 saturated carbocycles. The first-order chi connectivity index (χ1) is 10.2. The third-order valence-electron chi connectivity index (χ3n) is 3.65. The fourth-order valence-electron chi connectivity index (χ4n) is 2.69. The predicted molar refractivity (Wildman–Crippen MR) is 92.1 cm³/mol. The molecule has 2 heterocycles. The summed E-state index contributed by atoms with van der Waals surface area (Å²) in [6.07, 6.45) is 8.02. The van der Waals surface area contributed by atoms with E-state index in [-0.39, 0.29) is 0 Å². The van der Waals surface area contributed by atoms with Crippen LogP contribution in [0.4, 0.5) is 5.82 Å². The Bertz CT molecular complexity index is 578. The molecule has 0 atom stereocenters. The molecule has 2 aromatic rings. The van der Waals surface area contributed by atoms with Gasteiger partial charge in [0.1, 0.15) is 11.0 Å². The average molecular weight is 374 g/mol. The normalized spacial score (nSPS) is 11.5. The summed E-state index contributed by atoms with van der Waals surface area (Å²) in [5.74, 6) is 1.69. The van der Waals surface area contributed by atoms with Crippen LogP contribution in [0.5, 0.6) is 0 Å². The molecule has 0 fully saturated rings. The molecule has 1 N–H and O–H groups in total. The molecule has 0 spiro atoms. The lowest BCUT2D eigenvalue weighted by molar-refractivity contribution is 0.420. The molecule has 0 bridgehead atoms. The molecule has 0 aliphatic carbocycles. The molecule has 2 rings (SSSR count). The van der Waals surface area contributed by atoms with Crippen molar-refractivity contribution in [2.75, 3.05) is 11.9 Å². The van der Waals surface area contributed by atoms with Crippen LogP contribution in [0.2, 0.25) is 5.15 Å². The molecular formula is C15H22BrClN4. The number of hydrogen-bond donors (Lipinski definition) is 1. The monoisotopic (exact) mass is 372 g/mol. The minimum Gasteiger partial charge on any atom is -0.370 e. The van der Waals surface area contributed by atoms with Crippen molar-refractivity contribution in [3.05, 3.63) is 21.9 Å². The van der Waals surface area contributed by atoms with Crippen molar-refractivity contribution in [3.8, 4) is 0 Å². The lowest BCUT2D eigenvalue weighted by Crippen LogP contribution is -2.12. The number of nitrogens with zero attached hydrogens (tertiary/aromatic N) is 3. The van der Waals surface area contributed by atoms with Crippen LogP contribution in [0.15, 0.2) is 16.7 Å². The standard InChI is InChI=1S/C15H22BrClN4/c1-3-5-11(6-4-2)7-8-18-14-9-13(17)20-15-12(16)10-19-21(14)15/h9-11,18H,3-8H2,1-2H3. The number of fused-ring (bicyclic) bond motifs is 1.